The maximum absolute atomic E-state index is 9.73. The molecule has 1 unspecified atom stereocenters. The van der Waals surface area contributed by atoms with Crippen molar-refractivity contribution in [2.75, 3.05) is 0 Å². The molecule has 3 nitrogen and oxygen atoms in total. The van der Waals surface area contributed by atoms with Crippen LogP contribution in [0.2, 0.25) is 0 Å². The zero-order valence-corrected chi connectivity index (χ0v) is 17.1. The molecule has 29 heavy (non-hydrogen) atoms. The van der Waals surface area contributed by atoms with Crippen LogP contribution in [-0.4, -0.2) is 0 Å². The summed E-state index contributed by atoms with van der Waals surface area (Å²) in [5.41, 5.74) is 3.18. The Labute approximate surface area is 183 Å². The lowest BCUT2D eigenvalue weighted by atomic mass is 9.91. The van der Waals surface area contributed by atoms with Gasteiger partial charge in [-0.05, 0) is 55.4 Å². The van der Waals surface area contributed by atoms with Gasteiger partial charge in [0, 0.05) is 38.9 Å². The summed E-state index contributed by atoms with van der Waals surface area (Å²) in [5, 5.41) is 11.1. The maximum Gasteiger partial charge on any atom is 0.216 e. The number of hydrogen-bond acceptors (Lipinski definition) is 2. The van der Waals surface area contributed by atoms with Crippen LogP contribution in [0.3, 0.4) is 0 Å². The molecule has 0 N–H and O–H groups in total. The van der Waals surface area contributed by atoms with Crippen LogP contribution in [0.15, 0.2) is 34.7 Å². The van der Waals surface area contributed by atoms with Crippen molar-refractivity contribution in [1.82, 2.24) is 0 Å². The number of fused-ring (bicyclic) bond motifs is 3. The third-order valence-electron chi connectivity index (χ3n) is 5.59. The number of pyridine rings is 1. The van der Waals surface area contributed by atoms with E-state index in [1.807, 2.05) is 19.9 Å². The minimum atomic E-state index is -2.90. The van der Waals surface area contributed by atoms with Crippen molar-refractivity contribution in [3.8, 4) is 17.3 Å². The predicted octanol–water partition coefficient (Wildman–Crippen LogP) is 6.31. The molecule has 0 radical (unpaired) electrons. The van der Waals surface area contributed by atoms with Crippen molar-refractivity contribution in [3.05, 3.63) is 63.8 Å². The van der Waals surface area contributed by atoms with Crippen molar-refractivity contribution in [2.24, 2.45) is 7.05 Å². The molecule has 3 heteroatoms. The normalized spacial score (nSPS) is 18.5. The second-order valence-electron chi connectivity index (χ2n) is 7.48. The molecule has 0 aliphatic heterocycles. The number of benzene rings is 2. The number of hydrogen-bond donors (Lipinski definition) is 0. The summed E-state index contributed by atoms with van der Waals surface area (Å²) >= 11 is 0. The molecule has 0 aliphatic carbocycles. The lowest BCUT2D eigenvalue weighted by Gasteiger charge is -2.15. The first-order valence-corrected chi connectivity index (χ1v) is 9.35. The van der Waals surface area contributed by atoms with Gasteiger partial charge in [-0.3, -0.25) is 0 Å². The molecule has 0 saturated carbocycles. The third-order valence-corrected chi connectivity index (χ3v) is 5.59. The van der Waals surface area contributed by atoms with Crippen LogP contribution < -0.4 is 4.57 Å². The Bertz CT molecular complexity index is 1640. The smallest absolute Gasteiger partial charge is 0.216 e. The summed E-state index contributed by atoms with van der Waals surface area (Å²) in [7, 11) is 1.62. The van der Waals surface area contributed by atoms with Gasteiger partial charge >= 0.3 is 0 Å². The van der Waals surface area contributed by atoms with E-state index in [1.54, 1.807) is 36.7 Å². The molecular formula is C26H27N2O+. The average molecular weight is 392 g/mol. The molecule has 1 atom stereocenters. The molecule has 2 heterocycles. The number of rotatable bonds is 2. The number of nitrogens with zero attached hydrogens (tertiary/aromatic N) is 2. The van der Waals surface area contributed by atoms with E-state index in [0.29, 0.717) is 33.1 Å². The maximum atomic E-state index is 9.73. The fourth-order valence-electron chi connectivity index (χ4n) is 4.03. The highest BCUT2D eigenvalue weighted by molar-refractivity contribution is 6.13. The van der Waals surface area contributed by atoms with E-state index in [0.717, 1.165) is 18.1 Å². The largest absolute Gasteiger partial charge is 0.455 e. The quantitative estimate of drug-likeness (QED) is 0.376. The molecule has 0 spiro atoms. The van der Waals surface area contributed by atoms with Crippen LogP contribution in [-0.2, 0) is 7.05 Å². The zero-order valence-electron chi connectivity index (χ0n) is 25.1. The SMILES string of the molecule is [2H]c1c(C([2H])(C)C([2H])([2H])[2H])c(C([2H])([2H])[2H])c(C)[n+](C)c1-c1c(C)cc(C)c2c1oc1cccc(C#N)c12. The van der Waals surface area contributed by atoms with E-state index >= 15 is 0 Å². The van der Waals surface area contributed by atoms with Crippen molar-refractivity contribution in [3.63, 3.8) is 0 Å². The Morgan fingerprint density at radius 2 is 2.03 bits per heavy atom. The highest BCUT2D eigenvalue weighted by atomic mass is 16.3. The van der Waals surface area contributed by atoms with Gasteiger partial charge in [-0.2, -0.15) is 9.83 Å². The van der Waals surface area contributed by atoms with Crippen LogP contribution >= 0.6 is 0 Å². The molecule has 2 aromatic carbocycles. The molecule has 0 fully saturated rings. The van der Waals surface area contributed by atoms with Crippen LogP contribution in [0.25, 0.3) is 33.2 Å². The summed E-state index contributed by atoms with van der Waals surface area (Å²) in [6.45, 7) is 0.757. The van der Waals surface area contributed by atoms with Crippen LogP contribution in [0.1, 0.15) is 64.1 Å². The topological polar surface area (TPSA) is 40.8 Å². The molecule has 146 valence electrons. The van der Waals surface area contributed by atoms with Gasteiger partial charge in [0.15, 0.2) is 5.69 Å². The first kappa shape index (κ1) is 11.8. The second kappa shape index (κ2) is 6.74. The van der Waals surface area contributed by atoms with Gasteiger partial charge in [0.25, 0.3) is 0 Å². The van der Waals surface area contributed by atoms with Gasteiger partial charge in [-0.15, -0.1) is 0 Å². The van der Waals surface area contributed by atoms with Gasteiger partial charge in [0.05, 0.1) is 18.6 Å². The molecule has 0 saturated heterocycles. The van der Waals surface area contributed by atoms with Crippen LogP contribution in [0.5, 0.6) is 0 Å². The highest BCUT2D eigenvalue weighted by Gasteiger charge is 2.26. The molecule has 2 aromatic heterocycles. The Balaban J connectivity index is 2.29. The first-order chi connectivity index (χ1) is 16.9. The van der Waals surface area contributed by atoms with Crippen molar-refractivity contribution in [1.29, 1.82) is 5.26 Å². The molecular weight excluding hydrogens is 356 g/mol. The van der Waals surface area contributed by atoms with Crippen molar-refractivity contribution >= 4 is 21.9 Å². The molecule has 4 rings (SSSR count). The number of aryl methyl sites for hydroxylation is 2. The predicted molar refractivity (Wildman–Crippen MR) is 118 cm³/mol. The van der Waals surface area contributed by atoms with Crippen molar-refractivity contribution < 1.29 is 20.0 Å². The third kappa shape index (κ3) is 2.75. The second-order valence-corrected chi connectivity index (χ2v) is 7.48. The van der Waals surface area contributed by atoms with Crippen molar-refractivity contribution in [2.45, 2.75) is 47.3 Å². The lowest BCUT2D eigenvalue weighted by molar-refractivity contribution is -0.667. The summed E-state index contributed by atoms with van der Waals surface area (Å²) in [5.74, 6) is -2.37. The van der Waals surface area contributed by atoms with E-state index in [9.17, 15) is 6.63 Å². The lowest BCUT2D eigenvalue weighted by Crippen LogP contribution is -2.36. The molecule has 0 amide bonds. The number of nitriles is 1. The average Bonchev–Trinajstić information content (AvgIpc) is 3.16. The van der Waals surface area contributed by atoms with E-state index < -0.39 is 19.6 Å². The first-order valence-electron chi connectivity index (χ1n) is 13.3. The highest BCUT2D eigenvalue weighted by Crippen LogP contribution is 2.41. The minimum Gasteiger partial charge on any atom is -0.455 e. The summed E-state index contributed by atoms with van der Waals surface area (Å²) < 4.78 is 74.3. The van der Waals surface area contributed by atoms with Gasteiger partial charge in [-0.25, -0.2) is 0 Å². The summed E-state index contributed by atoms with van der Waals surface area (Å²) in [4.78, 5) is 0. The molecule has 0 aliphatic rings. The Kier molecular flexibility index (Phi) is 2.74. The number of furan rings is 1. The van der Waals surface area contributed by atoms with Gasteiger partial charge < -0.3 is 4.42 Å². The molecule has 0 bridgehead atoms. The van der Waals surface area contributed by atoms with Gasteiger partial charge in [-0.1, -0.05) is 25.9 Å². The summed E-state index contributed by atoms with van der Waals surface area (Å²) in [6, 6.07) is 8.90. The Morgan fingerprint density at radius 1 is 1.24 bits per heavy atom. The van der Waals surface area contributed by atoms with Crippen LogP contribution in [0.4, 0.5) is 0 Å². The molecule has 4 aromatic rings. The fourth-order valence-corrected chi connectivity index (χ4v) is 4.03. The Morgan fingerprint density at radius 3 is 2.72 bits per heavy atom. The fraction of sp³-hybridized carbons (Fsp3) is 0.308. The van der Waals surface area contributed by atoms with E-state index in [4.69, 9.17) is 14.0 Å². The van der Waals surface area contributed by atoms with E-state index in [-0.39, 0.29) is 28.6 Å². The standard InChI is InChI=1S/C26H27N2O/c1-14(2)20-12-21(28(7)18(6)17(20)5)23-15(3)11-16(4)24-25-19(13-27)9-8-10-22(25)29-26(23)24/h8-12,14H,1-7H3/q+1/i1D3,5D3,12D,14D. The Hall–Kier alpha value is -3.12. The number of aromatic nitrogens is 1. The van der Waals surface area contributed by atoms with Gasteiger partial charge in [0.2, 0.25) is 5.69 Å². The van der Waals surface area contributed by atoms with Gasteiger partial charge in [0.1, 0.15) is 18.2 Å². The van der Waals surface area contributed by atoms with Crippen LogP contribution in [0, 0.1) is 39.0 Å². The monoisotopic (exact) mass is 391 g/mol. The van der Waals surface area contributed by atoms with E-state index in [2.05, 4.69) is 6.07 Å². The zero-order chi connectivity index (χ0) is 27.8. The van der Waals surface area contributed by atoms with E-state index in [1.165, 1.54) is 0 Å². The minimum absolute atomic E-state index is 0.227. The summed E-state index contributed by atoms with van der Waals surface area (Å²) in [6.07, 6.45) is 0.